The Bertz CT molecular complexity index is 930. The van der Waals surface area contributed by atoms with Crippen molar-refractivity contribution in [3.8, 4) is 5.75 Å². The van der Waals surface area contributed by atoms with Crippen LogP contribution in [0.15, 0.2) is 36.4 Å². The molecule has 2 aliphatic rings. The SMILES string of the molecule is COc1ccc(Cl)cc1C(=O)NC[C@H](c1ccc2c(c1)CCCN2C)N1CCOCC1. The van der Waals surface area contributed by atoms with E-state index >= 15 is 0 Å². The zero-order chi connectivity index (χ0) is 21.8. The predicted molar refractivity (Wildman–Crippen MR) is 124 cm³/mol. The van der Waals surface area contributed by atoms with E-state index in [0.717, 1.165) is 26.1 Å². The Hall–Kier alpha value is -2.28. The minimum atomic E-state index is -0.185. The summed E-state index contributed by atoms with van der Waals surface area (Å²) in [4.78, 5) is 17.7. The molecule has 7 heteroatoms. The van der Waals surface area contributed by atoms with Crippen LogP contribution >= 0.6 is 11.6 Å². The molecule has 0 bridgehead atoms. The summed E-state index contributed by atoms with van der Waals surface area (Å²) in [5.74, 6) is 0.331. The minimum Gasteiger partial charge on any atom is -0.496 e. The van der Waals surface area contributed by atoms with E-state index in [1.165, 1.54) is 23.2 Å². The van der Waals surface area contributed by atoms with Crippen molar-refractivity contribution >= 4 is 23.2 Å². The molecule has 0 spiro atoms. The van der Waals surface area contributed by atoms with Gasteiger partial charge in [-0.1, -0.05) is 23.7 Å². The molecule has 2 aromatic carbocycles. The summed E-state index contributed by atoms with van der Waals surface area (Å²) < 4.78 is 10.9. The molecule has 166 valence electrons. The Morgan fingerprint density at radius 2 is 2.00 bits per heavy atom. The zero-order valence-electron chi connectivity index (χ0n) is 18.2. The molecule has 1 amide bonds. The molecule has 0 aliphatic carbocycles. The molecule has 2 heterocycles. The van der Waals surface area contributed by atoms with Gasteiger partial charge in [0, 0.05) is 43.9 Å². The molecule has 4 rings (SSSR count). The van der Waals surface area contributed by atoms with Crippen molar-refractivity contribution < 1.29 is 14.3 Å². The summed E-state index contributed by atoms with van der Waals surface area (Å²) in [6.45, 7) is 4.70. The van der Waals surface area contributed by atoms with Crippen molar-refractivity contribution in [2.24, 2.45) is 0 Å². The normalized spacial score (nSPS) is 17.7. The maximum atomic E-state index is 13.0. The Kier molecular flexibility index (Phi) is 7.00. The highest BCUT2D eigenvalue weighted by Crippen LogP contribution is 2.31. The molecule has 0 aromatic heterocycles. The summed E-state index contributed by atoms with van der Waals surface area (Å²) in [5.41, 5.74) is 4.37. The number of hydrogen-bond donors (Lipinski definition) is 1. The molecule has 6 nitrogen and oxygen atoms in total. The second-order valence-electron chi connectivity index (χ2n) is 8.13. The largest absolute Gasteiger partial charge is 0.496 e. The first-order valence-electron chi connectivity index (χ1n) is 10.8. The Balaban J connectivity index is 1.56. The van der Waals surface area contributed by atoms with Crippen LogP contribution in [0.3, 0.4) is 0 Å². The van der Waals surface area contributed by atoms with Crippen LogP contribution in [-0.4, -0.2) is 64.4 Å². The number of anilines is 1. The Morgan fingerprint density at radius 1 is 1.19 bits per heavy atom. The number of ether oxygens (including phenoxy) is 2. The molecule has 0 radical (unpaired) electrons. The van der Waals surface area contributed by atoms with E-state index in [0.29, 0.717) is 36.1 Å². The van der Waals surface area contributed by atoms with Gasteiger partial charge in [-0.15, -0.1) is 0 Å². The number of rotatable bonds is 6. The van der Waals surface area contributed by atoms with Crippen LogP contribution in [0.1, 0.15) is 33.9 Å². The first-order chi connectivity index (χ1) is 15.1. The van der Waals surface area contributed by atoms with Crippen LogP contribution in [-0.2, 0) is 11.2 Å². The number of nitrogens with one attached hydrogen (secondary N) is 1. The van der Waals surface area contributed by atoms with Gasteiger partial charge in [0.25, 0.3) is 5.91 Å². The molecule has 1 N–H and O–H groups in total. The van der Waals surface area contributed by atoms with E-state index in [9.17, 15) is 4.79 Å². The fourth-order valence-electron chi connectivity index (χ4n) is 4.50. The number of fused-ring (bicyclic) bond motifs is 1. The van der Waals surface area contributed by atoms with E-state index < -0.39 is 0 Å². The van der Waals surface area contributed by atoms with Crippen LogP contribution < -0.4 is 15.0 Å². The van der Waals surface area contributed by atoms with E-state index in [4.69, 9.17) is 21.1 Å². The topological polar surface area (TPSA) is 54.0 Å². The Morgan fingerprint density at radius 3 is 2.77 bits per heavy atom. The highest BCUT2D eigenvalue weighted by molar-refractivity contribution is 6.31. The van der Waals surface area contributed by atoms with Gasteiger partial charge in [0.05, 0.1) is 31.9 Å². The molecule has 2 aliphatic heterocycles. The summed E-state index contributed by atoms with van der Waals surface area (Å²) in [7, 11) is 3.70. The summed E-state index contributed by atoms with van der Waals surface area (Å²) >= 11 is 6.12. The standard InChI is InChI=1S/C24H30ClN3O3/c1-27-9-3-4-17-14-18(5-7-21(17)27)22(28-10-12-31-13-11-28)16-26-24(29)20-15-19(25)6-8-23(20)30-2/h5-8,14-15,22H,3-4,9-13,16H2,1-2H3,(H,26,29)/t22-/m1/s1. The van der Waals surface area contributed by atoms with Crippen molar-refractivity contribution in [3.05, 3.63) is 58.1 Å². The minimum absolute atomic E-state index is 0.0792. The van der Waals surface area contributed by atoms with Crippen molar-refractivity contribution in [3.63, 3.8) is 0 Å². The van der Waals surface area contributed by atoms with Gasteiger partial charge in [-0.25, -0.2) is 0 Å². The average molecular weight is 444 g/mol. The second-order valence-corrected chi connectivity index (χ2v) is 8.57. The molecule has 2 aromatic rings. The molecular weight excluding hydrogens is 414 g/mol. The molecule has 1 atom stereocenters. The maximum absolute atomic E-state index is 13.0. The van der Waals surface area contributed by atoms with Gasteiger partial charge in [-0.05, 0) is 48.2 Å². The molecule has 31 heavy (non-hydrogen) atoms. The van der Waals surface area contributed by atoms with E-state index in [2.05, 4.69) is 40.4 Å². The highest BCUT2D eigenvalue weighted by atomic mass is 35.5. The number of hydrogen-bond acceptors (Lipinski definition) is 5. The second kappa shape index (κ2) is 9.90. The van der Waals surface area contributed by atoms with Gasteiger partial charge < -0.3 is 19.7 Å². The van der Waals surface area contributed by atoms with Crippen molar-refractivity contribution in [2.75, 3.05) is 58.5 Å². The van der Waals surface area contributed by atoms with Gasteiger partial charge in [-0.2, -0.15) is 0 Å². The quantitative estimate of drug-likeness (QED) is 0.740. The van der Waals surface area contributed by atoms with Gasteiger partial charge in [0.15, 0.2) is 0 Å². The monoisotopic (exact) mass is 443 g/mol. The fraction of sp³-hybridized carbons (Fsp3) is 0.458. The van der Waals surface area contributed by atoms with E-state index in [1.807, 2.05) is 0 Å². The number of nitrogens with zero attached hydrogens (tertiary/aromatic N) is 2. The summed E-state index contributed by atoms with van der Waals surface area (Å²) in [6, 6.07) is 11.9. The number of halogens is 1. The zero-order valence-corrected chi connectivity index (χ0v) is 19.0. The third-order valence-corrected chi connectivity index (χ3v) is 6.42. The molecular formula is C24H30ClN3O3. The van der Waals surface area contributed by atoms with Crippen LogP contribution in [0.4, 0.5) is 5.69 Å². The number of carbonyl (C=O) groups excluding carboxylic acids is 1. The highest BCUT2D eigenvalue weighted by Gasteiger charge is 2.25. The lowest BCUT2D eigenvalue weighted by molar-refractivity contribution is 0.0162. The molecule has 1 fully saturated rings. The average Bonchev–Trinajstić information content (AvgIpc) is 2.80. The number of morpholine rings is 1. The van der Waals surface area contributed by atoms with Crippen molar-refractivity contribution in [1.29, 1.82) is 0 Å². The number of carbonyl (C=O) groups is 1. The number of aryl methyl sites for hydroxylation is 1. The third-order valence-electron chi connectivity index (χ3n) is 6.19. The van der Waals surface area contributed by atoms with Crippen LogP contribution in [0.2, 0.25) is 5.02 Å². The molecule has 0 saturated carbocycles. The van der Waals surface area contributed by atoms with E-state index in [1.54, 1.807) is 25.3 Å². The first kappa shape index (κ1) is 21.9. The molecule has 0 unspecified atom stereocenters. The van der Waals surface area contributed by atoms with E-state index in [-0.39, 0.29) is 11.9 Å². The number of methoxy groups -OCH3 is 1. The maximum Gasteiger partial charge on any atom is 0.255 e. The smallest absolute Gasteiger partial charge is 0.255 e. The third kappa shape index (κ3) is 4.97. The molecule has 1 saturated heterocycles. The van der Waals surface area contributed by atoms with Gasteiger partial charge in [0.1, 0.15) is 5.75 Å². The van der Waals surface area contributed by atoms with Crippen LogP contribution in [0.25, 0.3) is 0 Å². The predicted octanol–water partition coefficient (Wildman–Crippen LogP) is 3.53. The van der Waals surface area contributed by atoms with Gasteiger partial charge >= 0.3 is 0 Å². The fourth-order valence-corrected chi connectivity index (χ4v) is 4.67. The lowest BCUT2D eigenvalue weighted by atomic mass is 9.95. The lowest BCUT2D eigenvalue weighted by Gasteiger charge is -2.36. The number of amides is 1. The first-order valence-corrected chi connectivity index (χ1v) is 11.2. The Labute approximate surface area is 189 Å². The number of benzene rings is 2. The van der Waals surface area contributed by atoms with Crippen LogP contribution in [0.5, 0.6) is 5.75 Å². The summed E-state index contributed by atoms with van der Waals surface area (Å²) in [6.07, 6.45) is 2.26. The van der Waals surface area contributed by atoms with Crippen molar-refractivity contribution in [2.45, 2.75) is 18.9 Å². The lowest BCUT2D eigenvalue weighted by Crippen LogP contribution is -2.44. The van der Waals surface area contributed by atoms with Crippen LogP contribution in [0, 0.1) is 0 Å². The van der Waals surface area contributed by atoms with Gasteiger partial charge in [-0.3, -0.25) is 9.69 Å². The van der Waals surface area contributed by atoms with Crippen molar-refractivity contribution in [1.82, 2.24) is 10.2 Å². The summed E-state index contributed by atoms with van der Waals surface area (Å²) in [5, 5.41) is 3.62. The van der Waals surface area contributed by atoms with Gasteiger partial charge in [0.2, 0.25) is 0 Å².